The Morgan fingerprint density at radius 3 is 2.48 bits per heavy atom. The molecular weight excluding hydrogens is 348 g/mol. The van der Waals surface area contributed by atoms with Gasteiger partial charge in [0.25, 0.3) is 0 Å². The van der Waals surface area contributed by atoms with Crippen LogP contribution in [-0.2, 0) is 25.6 Å². The number of morpholine rings is 1. The molecule has 7 heteroatoms. The van der Waals surface area contributed by atoms with E-state index < -0.39 is 23.7 Å². The van der Waals surface area contributed by atoms with Crippen LogP contribution in [0.15, 0.2) is 30.3 Å². The average Bonchev–Trinajstić information content (AvgIpc) is 2.63. The SMILES string of the molecule is CC(C)(C)OC(=O)N[C@@H](CCN1CCOCC1)C(=O)OCc1ccccc1. The molecule has 1 aliphatic heterocycles. The van der Waals surface area contributed by atoms with E-state index in [0.29, 0.717) is 26.2 Å². The number of hydrogen-bond acceptors (Lipinski definition) is 6. The number of amides is 1. The third kappa shape index (κ3) is 8.41. The molecule has 1 N–H and O–H groups in total. The highest BCUT2D eigenvalue weighted by atomic mass is 16.6. The van der Waals surface area contributed by atoms with Gasteiger partial charge >= 0.3 is 12.1 Å². The summed E-state index contributed by atoms with van der Waals surface area (Å²) in [5.41, 5.74) is 0.266. The van der Waals surface area contributed by atoms with E-state index in [1.54, 1.807) is 20.8 Å². The fourth-order valence-corrected chi connectivity index (χ4v) is 2.66. The number of rotatable bonds is 7. The molecule has 7 nitrogen and oxygen atoms in total. The molecule has 0 saturated carbocycles. The average molecular weight is 378 g/mol. The Kier molecular flexibility index (Phi) is 8.06. The van der Waals surface area contributed by atoms with Gasteiger partial charge in [0.1, 0.15) is 18.2 Å². The Labute approximate surface area is 161 Å². The van der Waals surface area contributed by atoms with E-state index in [1.165, 1.54) is 0 Å². The lowest BCUT2D eigenvalue weighted by atomic mass is 10.2. The van der Waals surface area contributed by atoms with Crippen LogP contribution in [0.3, 0.4) is 0 Å². The number of carbonyl (C=O) groups is 2. The number of esters is 1. The summed E-state index contributed by atoms with van der Waals surface area (Å²) in [6.45, 7) is 9.19. The first kappa shape index (κ1) is 21.2. The van der Waals surface area contributed by atoms with Gasteiger partial charge in [-0.25, -0.2) is 9.59 Å². The molecule has 1 amide bonds. The molecule has 1 aromatic carbocycles. The first-order valence-electron chi connectivity index (χ1n) is 9.34. The molecule has 1 aliphatic rings. The number of carbonyl (C=O) groups excluding carboxylic acids is 2. The third-order valence-electron chi connectivity index (χ3n) is 4.04. The zero-order valence-electron chi connectivity index (χ0n) is 16.4. The minimum Gasteiger partial charge on any atom is -0.459 e. The van der Waals surface area contributed by atoms with Crippen LogP contribution in [0, 0.1) is 0 Å². The number of benzene rings is 1. The van der Waals surface area contributed by atoms with Crippen LogP contribution in [0.1, 0.15) is 32.8 Å². The number of alkyl carbamates (subject to hydrolysis) is 1. The zero-order chi connectivity index (χ0) is 19.7. The Bertz CT molecular complexity index is 594. The van der Waals surface area contributed by atoms with E-state index in [-0.39, 0.29) is 6.61 Å². The van der Waals surface area contributed by atoms with Crippen LogP contribution in [0.2, 0.25) is 0 Å². The molecule has 1 aromatic rings. The van der Waals surface area contributed by atoms with E-state index in [2.05, 4.69) is 10.2 Å². The van der Waals surface area contributed by atoms with E-state index in [9.17, 15) is 9.59 Å². The Hall–Kier alpha value is -2.12. The summed E-state index contributed by atoms with van der Waals surface area (Å²) in [7, 11) is 0. The highest BCUT2D eigenvalue weighted by molar-refractivity contribution is 5.81. The van der Waals surface area contributed by atoms with Crippen LogP contribution in [-0.4, -0.2) is 61.5 Å². The fourth-order valence-electron chi connectivity index (χ4n) is 2.66. The van der Waals surface area contributed by atoms with E-state index in [4.69, 9.17) is 14.2 Å². The minimum atomic E-state index is -0.758. The second-order valence-electron chi connectivity index (χ2n) is 7.53. The standard InChI is InChI=1S/C20H30N2O5/c1-20(2,3)27-19(24)21-17(9-10-22-11-13-25-14-12-22)18(23)26-15-16-7-5-4-6-8-16/h4-8,17H,9-15H2,1-3H3,(H,21,24)/t17-/m0/s1. The van der Waals surface area contributed by atoms with Crippen molar-refractivity contribution in [2.75, 3.05) is 32.8 Å². The van der Waals surface area contributed by atoms with Gasteiger partial charge in [-0.3, -0.25) is 4.90 Å². The van der Waals surface area contributed by atoms with E-state index in [1.807, 2.05) is 30.3 Å². The summed E-state index contributed by atoms with van der Waals surface area (Å²) in [4.78, 5) is 26.9. The molecule has 1 atom stereocenters. The maximum atomic E-state index is 12.6. The highest BCUT2D eigenvalue weighted by Gasteiger charge is 2.26. The first-order chi connectivity index (χ1) is 12.8. The van der Waals surface area contributed by atoms with Crippen LogP contribution in [0.5, 0.6) is 0 Å². The quantitative estimate of drug-likeness (QED) is 0.734. The van der Waals surface area contributed by atoms with Crippen molar-refractivity contribution in [2.45, 2.75) is 45.4 Å². The van der Waals surface area contributed by atoms with Crippen LogP contribution in [0.25, 0.3) is 0 Å². The number of nitrogens with one attached hydrogen (secondary N) is 1. The molecule has 0 radical (unpaired) electrons. The first-order valence-corrected chi connectivity index (χ1v) is 9.34. The number of nitrogens with zero attached hydrogens (tertiary/aromatic N) is 1. The van der Waals surface area contributed by atoms with Crippen molar-refractivity contribution < 1.29 is 23.8 Å². The van der Waals surface area contributed by atoms with Gasteiger partial charge in [-0.2, -0.15) is 0 Å². The lowest BCUT2D eigenvalue weighted by Gasteiger charge is -2.28. The summed E-state index contributed by atoms with van der Waals surface area (Å²) < 4.78 is 16.0. The van der Waals surface area contributed by atoms with Crippen molar-refractivity contribution in [1.29, 1.82) is 0 Å². The van der Waals surface area contributed by atoms with Gasteiger partial charge in [-0.15, -0.1) is 0 Å². The predicted molar refractivity (Wildman–Crippen MR) is 101 cm³/mol. The molecule has 1 heterocycles. The molecule has 2 rings (SSSR count). The minimum absolute atomic E-state index is 0.170. The lowest BCUT2D eigenvalue weighted by Crippen LogP contribution is -2.47. The van der Waals surface area contributed by atoms with Gasteiger partial charge < -0.3 is 19.5 Å². The lowest BCUT2D eigenvalue weighted by molar-refractivity contribution is -0.147. The molecule has 1 fully saturated rings. The van der Waals surface area contributed by atoms with Crippen LogP contribution in [0.4, 0.5) is 4.79 Å². The van der Waals surface area contributed by atoms with Crippen LogP contribution >= 0.6 is 0 Å². The van der Waals surface area contributed by atoms with Gasteiger partial charge in [-0.1, -0.05) is 30.3 Å². The topological polar surface area (TPSA) is 77.1 Å². The summed E-state index contributed by atoms with van der Waals surface area (Å²) in [5.74, 6) is -0.460. The van der Waals surface area contributed by atoms with Gasteiger partial charge in [0.2, 0.25) is 0 Å². The highest BCUT2D eigenvalue weighted by Crippen LogP contribution is 2.09. The van der Waals surface area contributed by atoms with E-state index >= 15 is 0 Å². The maximum absolute atomic E-state index is 12.6. The molecule has 1 saturated heterocycles. The Morgan fingerprint density at radius 2 is 1.85 bits per heavy atom. The summed E-state index contributed by atoms with van der Waals surface area (Å²) in [6.07, 6.45) is -0.168. The number of hydrogen-bond donors (Lipinski definition) is 1. The van der Waals surface area contributed by atoms with Gasteiger partial charge in [-0.05, 0) is 32.8 Å². The molecule has 0 bridgehead atoms. The summed E-state index contributed by atoms with van der Waals surface area (Å²) >= 11 is 0. The Morgan fingerprint density at radius 1 is 1.19 bits per heavy atom. The normalized spacial score (nSPS) is 16.4. The Balaban J connectivity index is 1.91. The largest absolute Gasteiger partial charge is 0.459 e. The summed E-state index contributed by atoms with van der Waals surface area (Å²) in [6, 6.07) is 8.69. The monoisotopic (exact) mass is 378 g/mol. The van der Waals surface area contributed by atoms with Crippen molar-refractivity contribution >= 4 is 12.1 Å². The second kappa shape index (κ2) is 10.3. The van der Waals surface area contributed by atoms with E-state index in [0.717, 1.165) is 18.7 Å². The molecule has 27 heavy (non-hydrogen) atoms. The van der Waals surface area contributed by atoms with Gasteiger partial charge in [0.15, 0.2) is 0 Å². The fraction of sp³-hybridized carbons (Fsp3) is 0.600. The molecule has 0 unspecified atom stereocenters. The van der Waals surface area contributed by atoms with Crippen molar-refractivity contribution in [1.82, 2.24) is 10.2 Å². The van der Waals surface area contributed by atoms with Gasteiger partial charge in [0.05, 0.1) is 13.2 Å². The smallest absolute Gasteiger partial charge is 0.408 e. The predicted octanol–water partition coefficient (Wildman–Crippen LogP) is 2.35. The molecule has 0 aromatic heterocycles. The van der Waals surface area contributed by atoms with Crippen molar-refractivity contribution in [2.24, 2.45) is 0 Å². The molecule has 0 spiro atoms. The maximum Gasteiger partial charge on any atom is 0.408 e. The second-order valence-corrected chi connectivity index (χ2v) is 7.53. The van der Waals surface area contributed by atoms with Crippen molar-refractivity contribution in [3.05, 3.63) is 35.9 Å². The molecule has 150 valence electrons. The molecular formula is C20H30N2O5. The zero-order valence-corrected chi connectivity index (χ0v) is 16.4. The summed E-state index contributed by atoms with van der Waals surface area (Å²) in [5, 5.41) is 2.66. The molecule has 0 aliphatic carbocycles. The third-order valence-corrected chi connectivity index (χ3v) is 4.04. The van der Waals surface area contributed by atoms with Crippen LogP contribution < -0.4 is 5.32 Å². The van der Waals surface area contributed by atoms with Crippen molar-refractivity contribution in [3.8, 4) is 0 Å². The van der Waals surface area contributed by atoms with Gasteiger partial charge in [0, 0.05) is 19.6 Å². The van der Waals surface area contributed by atoms with Crippen molar-refractivity contribution in [3.63, 3.8) is 0 Å². The number of ether oxygens (including phenoxy) is 3.